The second-order valence-corrected chi connectivity index (χ2v) is 11.6. The van der Waals surface area contributed by atoms with Crippen molar-refractivity contribution in [2.45, 2.75) is 85.2 Å². The lowest BCUT2D eigenvalue weighted by Gasteiger charge is -2.60. The van der Waals surface area contributed by atoms with Gasteiger partial charge in [-0.2, -0.15) is 0 Å². The number of fused-ring (bicyclic) bond motifs is 7. The van der Waals surface area contributed by atoms with Crippen LogP contribution in [0, 0.1) is 46.3 Å². The topological polar surface area (TPSA) is 60.4 Å². The van der Waals surface area contributed by atoms with Crippen molar-refractivity contribution in [1.29, 1.82) is 0 Å². The van der Waals surface area contributed by atoms with Crippen molar-refractivity contribution >= 4 is 17.5 Å². The van der Waals surface area contributed by atoms with Crippen LogP contribution in [0.25, 0.3) is 0 Å². The quantitative estimate of drug-likeness (QED) is 0.575. The Morgan fingerprint density at radius 1 is 1.07 bits per heavy atom. The van der Waals surface area contributed by atoms with E-state index in [1.165, 1.54) is 12.5 Å². The number of ketones is 2. The molecular weight excluding hydrogens is 376 g/mol. The maximum Gasteiger partial charge on any atom is 0.302 e. The summed E-state index contributed by atoms with van der Waals surface area (Å²) in [7, 11) is 0. The van der Waals surface area contributed by atoms with Crippen LogP contribution in [0.5, 0.6) is 0 Å². The Bertz CT molecular complexity index is 827. The molecule has 164 valence electrons. The van der Waals surface area contributed by atoms with Crippen molar-refractivity contribution < 1.29 is 19.1 Å². The highest BCUT2D eigenvalue weighted by molar-refractivity contribution is 6.00. The molecular formula is C26H36O4. The zero-order chi connectivity index (χ0) is 21.4. The third kappa shape index (κ3) is 2.74. The van der Waals surface area contributed by atoms with Gasteiger partial charge in [0.15, 0.2) is 5.78 Å². The molecule has 4 nitrogen and oxygen atoms in total. The van der Waals surface area contributed by atoms with Gasteiger partial charge in [0.2, 0.25) is 0 Å². The molecule has 0 aliphatic heterocycles. The fraction of sp³-hybridized carbons (Fsp3) is 0.808. The summed E-state index contributed by atoms with van der Waals surface area (Å²) >= 11 is 0. The van der Waals surface area contributed by atoms with E-state index in [2.05, 4.69) is 20.8 Å². The maximum absolute atomic E-state index is 13.7. The second-order valence-electron chi connectivity index (χ2n) is 11.6. The largest absolute Gasteiger partial charge is 0.463 e. The first-order chi connectivity index (χ1) is 14.1. The fourth-order valence-electron chi connectivity index (χ4n) is 8.99. The van der Waals surface area contributed by atoms with Gasteiger partial charge in [0.25, 0.3) is 0 Å². The number of esters is 1. The van der Waals surface area contributed by atoms with Crippen LogP contribution in [0.3, 0.4) is 0 Å². The number of ether oxygens (including phenoxy) is 1. The minimum atomic E-state index is -0.460. The number of hydrogen-bond donors (Lipinski definition) is 0. The van der Waals surface area contributed by atoms with Crippen molar-refractivity contribution in [2.75, 3.05) is 0 Å². The zero-order valence-corrected chi connectivity index (χ0v) is 18.9. The van der Waals surface area contributed by atoms with Gasteiger partial charge >= 0.3 is 5.97 Å². The monoisotopic (exact) mass is 412 g/mol. The molecule has 0 spiro atoms. The Balaban J connectivity index is 1.43. The van der Waals surface area contributed by atoms with E-state index in [-0.39, 0.29) is 29.2 Å². The van der Waals surface area contributed by atoms with Gasteiger partial charge in [-0.25, -0.2) is 0 Å². The summed E-state index contributed by atoms with van der Waals surface area (Å²) in [5.41, 5.74) is 0.882. The lowest BCUT2D eigenvalue weighted by Crippen LogP contribution is -2.57. The lowest BCUT2D eigenvalue weighted by atomic mass is 9.44. The predicted octanol–water partition coefficient (Wildman–Crippen LogP) is 4.90. The molecule has 5 rings (SSSR count). The highest BCUT2D eigenvalue weighted by Gasteiger charge is 2.67. The minimum absolute atomic E-state index is 0.0442. The summed E-state index contributed by atoms with van der Waals surface area (Å²) in [6.07, 6.45) is 9.76. The van der Waals surface area contributed by atoms with Gasteiger partial charge in [-0.3, -0.25) is 14.4 Å². The standard InChI is InChI=1S/C26H36O4/c1-14-9-16-11-21-19-6-5-17-12-18(30-15(2)27)7-8-25(17,3)20(19)13-23(29)26(21,4)24(16)22(28)10-14/h10,16-21,24H,5-9,11-13H2,1-4H3/t16-,17+,18+,19-,20+,21+,24-,25+,26-/m1/s1. The summed E-state index contributed by atoms with van der Waals surface area (Å²) in [6, 6.07) is 0. The number of Topliss-reactive ketones (excluding diaryl/α,β-unsaturated/α-hetero) is 1. The van der Waals surface area contributed by atoms with Crippen molar-refractivity contribution in [1.82, 2.24) is 0 Å². The van der Waals surface area contributed by atoms with Gasteiger partial charge in [-0.15, -0.1) is 0 Å². The van der Waals surface area contributed by atoms with Crippen LogP contribution in [0.4, 0.5) is 0 Å². The van der Waals surface area contributed by atoms with Crippen molar-refractivity contribution in [3.8, 4) is 0 Å². The molecule has 0 unspecified atom stereocenters. The van der Waals surface area contributed by atoms with E-state index < -0.39 is 5.41 Å². The Morgan fingerprint density at radius 3 is 2.57 bits per heavy atom. The molecule has 9 atom stereocenters. The molecule has 5 aliphatic rings. The van der Waals surface area contributed by atoms with Gasteiger partial charge in [0, 0.05) is 24.7 Å². The van der Waals surface area contributed by atoms with Gasteiger partial charge in [-0.1, -0.05) is 19.4 Å². The van der Waals surface area contributed by atoms with Gasteiger partial charge in [-0.05, 0) is 93.0 Å². The molecule has 0 heterocycles. The molecule has 0 aromatic rings. The molecule has 0 aromatic heterocycles. The van der Waals surface area contributed by atoms with Crippen LogP contribution >= 0.6 is 0 Å². The van der Waals surface area contributed by atoms with E-state index in [9.17, 15) is 14.4 Å². The first-order valence-electron chi connectivity index (χ1n) is 12.1. The normalized spacial score (nSPS) is 50.0. The van der Waals surface area contributed by atoms with E-state index in [1.807, 2.05) is 6.08 Å². The smallest absolute Gasteiger partial charge is 0.302 e. The van der Waals surface area contributed by atoms with Gasteiger partial charge in [0.05, 0.1) is 0 Å². The SMILES string of the molecule is CC(=O)O[C@H]1CC[C@@]2(C)[C@@H](CC[C@@H]3[C@@H]2CC(=O)[C@@]2(C)[C@H]3C[C@H]3CC(C)=CC(=O)[C@@H]32)C1. The fourth-order valence-corrected chi connectivity index (χ4v) is 8.99. The van der Waals surface area contributed by atoms with Gasteiger partial charge < -0.3 is 4.74 Å². The summed E-state index contributed by atoms with van der Waals surface area (Å²) in [4.78, 5) is 38.2. The molecule has 5 aliphatic carbocycles. The van der Waals surface area contributed by atoms with Crippen molar-refractivity contribution in [3.05, 3.63) is 11.6 Å². The number of rotatable bonds is 1. The molecule has 0 radical (unpaired) electrons. The number of allylic oxidation sites excluding steroid dienone is 2. The Labute approximate surface area is 180 Å². The third-order valence-electron chi connectivity index (χ3n) is 10.3. The predicted molar refractivity (Wildman–Crippen MR) is 113 cm³/mol. The second kappa shape index (κ2) is 6.77. The first kappa shape index (κ1) is 20.5. The molecule has 4 saturated carbocycles. The summed E-state index contributed by atoms with van der Waals surface area (Å²) in [5.74, 6) is 2.50. The number of hydrogen-bond acceptors (Lipinski definition) is 4. The summed E-state index contributed by atoms with van der Waals surface area (Å²) < 4.78 is 5.56. The van der Waals surface area contributed by atoms with Crippen LogP contribution in [0.2, 0.25) is 0 Å². The maximum atomic E-state index is 13.7. The Kier molecular flexibility index (Phi) is 4.62. The highest BCUT2D eigenvalue weighted by Crippen LogP contribution is 2.68. The van der Waals surface area contributed by atoms with E-state index >= 15 is 0 Å². The molecule has 0 amide bonds. The van der Waals surface area contributed by atoms with E-state index in [1.54, 1.807) is 0 Å². The van der Waals surface area contributed by atoms with Crippen LogP contribution in [0.1, 0.15) is 79.1 Å². The molecule has 0 aromatic carbocycles. The van der Waals surface area contributed by atoms with Crippen LogP contribution in [0.15, 0.2) is 11.6 Å². The van der Waals surface area contributed by atoms with Crippen molar-refractivity contribution in [2.24, 2.45) is 46.3 Å². The average Bonchev–Trinajstić information content (AvgIpc) is 2.96. The van der Waals surface area contributed by atoms with Crippen LogP contribution in [-0.4, -0.2) is 23.6 Å². The highest BCUT2D eigenvalue weighted by atomic mass is 16.5. The zero-order valence-electron chi connectivity index (χ0n) is 18.9. The number of carbonyl (C=O) groups is 3. The first-order valence-corrected chi connectivity index (χ1v) is 12.1. The lowest BCUT2D eigenvalue weighted by molar-refractivity contribution is -0.167. The molecule has 4 fully saturated rings. The molecule has 0 saturated heterocycles. The van der Waals surface area contributed by atoms with E-state index in [0.717, 1.165) is 44.9 Å². The third-order valence-corrected chi connectivity index (χ3v) is 10.3. The van der Waals surface area contributed by atoms with Crippen LogP contribution in [-0.2, 0) is 19.1 Å². The molecule has 0 bridgehead atoms. The number of carbonyl (C=O) groups excluding carboxylic acids is 3. The summed E-state index contributed by atoms with van der Waals surface area (Å²) in [5, 5.41) is 0. The summed E-state index contributed by atoms with van der Waals surface area (Å²) in [6.45, 7) is 8.12. The average molecular weight is 413 g/mol. The Morgan fingerprint density at radius 2 is 1.83 bits per heavy atom. The molecule has 30 heavy (non-hydrogen) atoms. The van der Waals surface area contributed by atoms with Crippen LogP contribution < -0.4 is 0 Å². The Hall–Kier alpha value is -1.45. The van der Waals surface area contributed by atoms with Gasteiger partial charge in [0.1, 0.15) is 11.9 Å². The van der Waals surface area contributed by atoms with Crippen molar-refractivity contribution in [3.63, 3.8) is 0 Å². The minimum Gasteiger partial charge on any atom is -0.463 e. The van der Waals surface area contributed by atoms with E-state index in [4.69, 9.17) is 4.74 Å². The molecule has 4 heteroatoms. The van der Waals surface area contributed by atoms with E-state index in [0.29, 0.717) is 41.8 Å². The molecule has 0 N–H and O–H groups in total.